The van der Waals surface area contributed by atoms with Crippen LogP contribution in [0, 0.1) is 0 Å². The molecule has 0 radical (unpaired) electrons. The Bertz CT molecular complexity index is 420. The van der Waals surface area contributed by atoms with Gasteiger partial charge < -0.3 is 14.4 Å². The molecule has 114 valence electrons. The van der Waals surface area contributed by atoms with Gasteiger partial charge in [0.2, 0.25) is 0 Å². The zero-order valence-corrected chi connectivity index (χ0v) is 13.5. The van der Waals surface area contributed by atoms with Crippen LogP contribution in [0.5, 0.6) is 11.5 Å². The highest BCUT2D eigenvalue weighted by atomic mass is 35.5. The van der Waals surface area contributed by atoms with E-state index in [9.17, 15) is 4.79 Å². The Morgan fingerprint density at radius 2 is 1.70 bits per heavy atom. The van der Waals surface area contributed by atoms with E-state index in [0.717, 1.165) is 19.6 Å². The maximum absolute atomic E-state index is 12.1. The zero-order chi connectivity index (χ0) is 14.3. The van der Waals surface area contributed by atoms with Gasteiger partial charge in [-0.25, -0.2) is 0 Å². The molecule has 0 saturated heterocycles. The predicted molar refractivity (Wildman–Crippen MR) is 83.5 cm³/mol. The highest BCUT2D eigenvalue weighted by Gasteiger charge is 2.11. The van der Waals surface area contributed by atoms with Gasteiger partial charge in [0.1, 0.15) is 0 Å². The molecule has 20 heavy (non-hydrogen) atoms. The Morgan fingerprint density at radius 3 is 2.20 bits per heavy atom. The molecule has 5 heteroatoms. The minimum atomic E-state index is 0. The van der Waals surface area contributed by atoms with Crippen LogP contribution in [0.2, 0.25) is 0 Å². The van der Waals surface area contributed by atoms with Gasteiger partial charge in [0.25, 0.3) is 0 Å². The Labute approximate surface area is 127 Å². The van der Waals surface area contributed by atoms with Crippen LogP contribution in [0.4, 0.5) is 0 Å². The minimum Gasteiger partial charge on any atom is -0.493 e. The second kappa shape index (κ2) is 9.61. The molecule has 0 bridgehead atoms. The second-order valence-electron chi connectivity index (χ2n) is 4.27. The van der Waals surface area contributed by atoms with Crippen LogP contribution < -0.4 is 9.47 Å². The summed E-state index contributed by atoms with van der Waals surface area (Å²) >= 11 is 0. The molecule has 1 aromatic rings. The van der Waals surface area contributed by atoms with E-state index < -0.39 is 0 Å². The van der Waals surface area contributed by atoms with E-state index in [4.69, 9.17) is 9.47 Å². The van der Waals surface area contributed by atoms with E-state index in [-0.39, 0.29) is 18.2 Å². The first-order valence-electron chi connectivity index (χ1n) is 6.63. The largest absolute Gasteiger partial charge is 0.493 e. The molecule has 0 aliphatic heterocycles. The summed E-state index contributed by atoms with van der Waals surface area (Å²) in [5, 5.41) is 0. The van der Waals surface area contributed by atoms with Gasteiger partial charge in [0, 0.05) is 18.5 Å². The highest BCUT2D eigenvalue weighted by molar-refractivity contribution is 5.96. The Morgan fingerprint density at radius 1 is 1.10 bits per heavy atom. The number of Topliss-reactive ketones (excluding diaryl/α,β-unsaturated/α-hetero) is 1. The molecule has 0 N–H and O–H groups in total. The summed E-state index contributed by atoms with van der Waals surface area (Å²) in [6, 6.07) is 5.29. The Kier molecular flexibility index (Phi) is 9.01. The number of ketones is 1. The van der Waals surface area contributed by atoms with Crippen LogP contribution in [-0.4, -0.2) is 44.5 Å². The topological polar surface area (TPSA) is 38.8 Å². The predicted octanol–water partition coefficient (Wildman–Crippen LogP) is 3.04. The lowest BCUT2D eigenvalue weighted by Gasteiger charge is -2.17. The van der Waals surface area contributed by atoms with Gasteiger partial charge in [-0.05, 0) is 31.3 Å². The third-order valence-electron chi connectivity index (χ3n) is 3.26. The molecular formula is C15H24ClNO3. The number of carbonyl (C=O) groups is 1. The minimum absolute atomic E-state index is 0. The fraction of sp³-hybridized carbons (Fsp3) is 0.533. The number of hydrogen-bond donors (Lipinski definition) is 0. The molecule has 0 unspecified atom stereocenters. The molecule has 0 amide bonds. The lowest BCUT2D eigenvalue weighted by atomic mass is 10.1. The number of ether oxygens (including phenoxy) is 2. The molecule has 0 aliphatic carbocycles. The average Bonchev–Trinajstić information content (AvgIpc) is 2.47. The van der Waals surface area contributed by atoms with Crippen LogP contribution in [0.1, 0.15) is 30.6 Å². The van der Waals surface area contributed by atoms with Gasteiger partial charge in [-0.1, -0.05) is 13.8 Å². The van der Waals surface area contributed by atoms with Gasteiger partial charge in [-0.2, -0.15) is 0 Å². The molecular weight excluding hydrogens is 278 g/mol. The van der Waals surface area contributed by atoms with E-state index in [1.54, 1.807) is 32.4 Å². The molecule has 1 aromatic carbocycles. The molecule has 0 fully saturated rings. The van der Waals surface area contributed by atoms with Crippen molar-refractivity contribution in [3.63, 3.8) is 0 Å². The first-order valence-corrected chi connectivity index (χ1v) is 6.63. The van der Waals surface area contributed by atoms with E-state index in [2.05, 4.69) is 18.7 Å². The molecule has 0 aromatic heterocycles. The lowest BCUT2D eigenvalue weighted by Crippen LogP contribution is -2.25. The summed E-state index contributed by atoms with van der Waals surface area (Å²) < 4.78 is 10.4. The van der Waals surface area contributed by atoms with Crippen molar-refractivity contribution in [3.8, 4) is 11.5 Å². The van der Waals surface area contributed by atoms with Crippen molar-refractivity contribution in [2.75, 3.05) is 33.9 Å². The van der Waals surface area contributed by atoms with Crippen molar-refractivity contribution in [3.05, 3.63) is 23.8 Å². The monoisotopic (exact) mass is 301 g/mol. The number of rotatable bonds is 8. The van der Waals surface area contributed by atoms with E-state index >= 15 is 0 Å². The van der Waals surface area contributed by atoms with Crippen molar-refractivity contribution in [2.45, 2.75) is 20.3 Å². The Balaban J connectivity index is 0.00000361. The first-order chi connectivity index (χ1) is 9.15. The molecule has 0 saturated carbocycles. The molecule has 0 heterocycles. The standard InChI is InChI=1S/C15H23NO3.ClH/c1-5-16(6-2)10-9-13(17)12-7-8-14(18-3)15(11-12)19-4;/h7-8,11H,5-6,9-10H2,1-4H3;1H. The van der Waals surface area contributed by atoms with Crippen molar-refractivity contribution in [2.24, 2.45) is 0 Å². The van der Waals surface area contributed by atoms with Crippen LogP contribution in [-0.2, 0) is 0 Å². The van der Waals surface area contributed by atoms with Crippen LogP contribution in [0.3, 0.4) is 0 Å². The zero-order valence-electron chi connectivity index (χ0n) is 12.6. The number of methoxy groups -OCH3 is 2. The van der Waals surface area contributed by atoms with E-state index in [0.29, 0.717) is 23.5 Å². The summed E-state index contributed by atoms with van der Waals surface area (Å²) in [7, 11) is 3.15. The van der Waals surface area contributed by atoms with Gasteiger partial charge >= 0.3 is 0 Å². The van der Waals surface area contributed by atoms with Crippen LogP contribution in [0.15, 0.2) is 18.2 Å². The highest BCUT2D eigenvalue weighted by Crippen LogP contribution is 2.27. The summed E-state index contributed by atoms with van der Waals surface area (Å²) in [5.74, 6) is 1.37. The number of hydrogen-bond acceptors (Lipinski definition) is 4. The summed E-state index contributed by atoms with van der Waals surface area (Å²) in [6.45, 7) is 6.93. The molecule has 1 rings (SSSR count). The summed E-state index contributed by atoms with van der Waals surface area (Å²) in [6.07, 6.45) is 0.525. The molecule has 0 aliphatic rings. The first kappa shape index (κ1) is 18.7. The van der Waals surface area contributed by atoms with E-state index in [1.165, 1.54) is 0 Å². The van der Waals surface area contributed by atoms with Gasteiger partial charge in [-0.3, -0.25) is 4.79 Å². The van der Waals surface area contributed by atoms with Crippen LogP contribution >= 0.6 is 12.4 Å². The number of benzene rings is 1. The van der Waals surface area contributed by atoms with Crippen molar-refractivity contribution in [1.82, 2.24) is 4.90 Å². The second-order valence-corrected chi connectivity index (χ2v) is 4.27. The molecule has 0 atom stereocenters. The lowest BCUT2D eigenvalue weighted by molar-refractivity contribution is 0.0966. The van der Waals surface area contributed by atoms with Gasteiger partial charge in [0.15, 0.2) is 17.3 Å². The maximum atomic E-state index is 12.1. The number of nitrogens with zero attached hydrogens (tertiary/aromatic N) is 1. The SMILES string of the molecule is CCN(CC)CCC(=O)c1ccc(OC)c(OC)c1.Cl. The van der Waals surface area contributed by atoms with Gasteiger partial charge in [-0.15, -0.1) is 12.4 Å². The number of halogens is 1. The fourth-order valence-corrected chi connectivity index (χ4v) is 1.95. The maximum Gasteiger partial charge on any atom is 0.164 e. The third kappa shape index (κ3) is 5.02. The molecule has 4 nitrogen and oxygen atoms in total. The summed E-state index contributed by atoms with van der Waals surface area (Å²) in [4.78, 5) is 14.4. The van der Waals surface area contributed by atoms with Crippen molar-refractivity contribution in [1.29, 1.82) is 0 Å². The average molecular weight is 302 g/mol. The normalized spacial score (nSPS) is 10.1. The molecule has 0 spiro atoms. The van der Waals surface area contributed by atoms with E-state index in [1.807, 2.05) is 0 Å². The summed E-state index contributed by atoms with van der Waals surface area (Å²) in [5.41, 5.74) is 0.671. The Hall–Kier alpha value is -1.26. The van der Waals surface area contributed by atoms with Crippen molar-refractivity contribution >= 4 is 18.2 Å². The van der Waals surface area contributed by atoms with Crippen molar-refractivity contribution < 1.29 is 14.3 Å². The smallest absolute Gasteiger partial charge is 0.164 e. The fourth-order valence-electron chi connectivity index (χ4n) is 1.95. The third-order valence-corrected chi connectivity index (χ3v) is 3.26. The number of carbonyl (C=O) groups excluding carboxylic acids is 1. The van der Waals surface area contributed by atoms with Crippen LogP contribution in [0.25, 0.3) is 0 Å². The quantitative estimate of drug-likeness (QED) is 0.692. The van der Waals surface area contributed by atoms with Gasteiger partial charge in [0.05, 0.1) is 14.2 Å².